The SMILES string of the molecule is Cc1ccc(C(O)C(Cl)(Cl)Cl)s1. The van der Waals surface area contributed by atoms with Gasteiger partial charge >= 0.3 is 0 Å². The lowest BCUT2D eigenvalue weighted by molar-refractivity contribution is 0.186. The first kappa shape index (κ1) is 10.6. The number of rotatable bonds is 1. The van der Waals surface area contributed by atoms with Gasteiger partial charge in [-0.15, -0.1) is 11.3 Å². The first-order valence-corrected chi connectivity index (χ1v) is 5.17. The van der Waals surface area contributed by atoms with Gasteiger partial charge in [0.2, 0.25) is 3.79 Å². The quantitative estimate of drug-likeness (QED) is 0.751. The molecule has 12 heavy (non-hydrogen) atoms. The minimum absolute atomic E-state index is 0.674. The van der Waals surface area contributed by atoms with E-state index < -0.39 is 9.90 Å². The van der Waals surface area contributed by atoms with Crippen LogP contribution >= 0.6 is 46.1 Å². The van der Waals surface area contributed by atoms with Gasteiger partial charge in [0, 0.05) is 9.75 Å². The van der Waals surface area contributed by atoms with Crippen LogP contribution in [-0.4, -0.2) is 8.90 Å². The summed E-state index contributed by atoms with van der Waals surface area (Å²) in [5.41, 5.74) is 0. The van der Waals surface area contributed by atoms with Crippen molar-refractivity contribution in [1.82, 2.24) is 0 Å². The summed E-state index contributed by atoms with van der Waals surface area (Å²) in [7, 11) is 0. The van der Waals surface area contributed by atoms with Crippen LogP contribution < -0.4 is 0 Å². The summed E-state index contributed by atoms with van der Waals surface area (Å²) in [5.74, 6) is 0. The smallest absolute Gasteiger partial charge is 0.220 e. The molecule has 0 aliphatic carbocycles. The zero-order chi connectivity index (χ0) is 9.35. The fraction of sp³-hybridized carbons (Fsp3) is 0.429. The van der Waals surface area contributed by atoms with E-state index in [0.717, 1.165) is 4.88 Å². The molecule has 1 heterocycles. The number of aliphatic hydroxyl groups excluding tert-OH is 1. The maximum absolute atomic E-state index is 9.48. The monoisotopic (exact) mass is 244 g/mol. The van der Waals surface area contributed by atoms with Gasteiger partial charge < -0.3 is 5.11 Å². The van der Waals surface area contributed by atoms with E-state index in [2.05, 4.69) is 0 Å². The normalized spacial score (nSPS) is 14.8. The van der Waals surface area contributed by atoms with Crippen molar-refractivity contribution in [2.24, 2.45) is 0 Å². The van der Waals surface area contributed by atoms with Gasteiger partial charge in [-0.2, -0.15) is 0 Å². The van der Waals surface area contributed by atoms with Crippen LogP contribution in [0, 0.1) is 6.92 Å². The van der Waals surface area contributed by atoms with Gasteiger partial charge in [-0.3, -0.25) is 0 Å². The molecule has 0 spiro atoms. The Morgan fingerprint density at radius 2 is 2.00 bits per heavy atom. The molecule has 0 radical (unpaired) electrons. The van der Waals surface area contributed by atoms with Crippen LogP contribution in [-0.2, 0) is 0 Å². The second kappa shape index (κ2) is 3.72. The van der Waals surface area contributed by atoms with Crippen molar-refractivity contribution in [3.8, 4) is 0 Å². The number of hydrogen-bond acceptors (Lipinski definition) is 2. The predicted molar refractivity (Wildman–Crippen MR) is 54.3 cm³/mol. The third-order valence-corrected chi connectivity index (χ3v) is 3.01. The molecule has 0 bridgehead atoms. The van der Waals surface area contributed by atoms with Crippen LogP contribution in [0.1, 0.15) is 15.9 Å². The number of hydrogen-bond donors (Lipinski definition) is 1. The summed E-state index contributed by atoms with van der Waals surface area (Å²) in [5, 5.41) is 9.48. The van der Waals surface area contributed by atoms with Crippen LogP contribution in [0.3, 0.4) is 0 Å². The number of thiophene rings is 1. The molecule has 0 saturated heterocycles. The van der Waals surface area contributed by atoms with E-state index >= 15 is 0 Å². The summed E-state index contributed by atoms with van der Waals surface area (Å²) < 4.78 is -1.64. The third-order valence-electron chi connectivity index (χ3n) is 1.34. The van der Waals surface area contributed by atoms with Crippen LogP contribution in [0.25, 0.3) is 0 Å². The van der Waals surface area contributed by atoms with Crippen molar-refractivity contribution < 1.29 is 5.11 Å². The molecule has 5 heteroatoms. The molecule has 0 aliphatic rings. The van der Waals surface area contributed by atoms with Crippen LogP contribution in [0.4, 0.5) is 0 Å². The minimum Gasteiger partial charge on any atom is -0.383 e. The van der Waals surface area contributed by atoms with Crippen LogP contribution in [0.15, 0.2) is 12.1 Å². The molecule has 0 amide bonds. The molecule has 68 valence electrons. The first-order valence-electron chi connectivity index (χ1n) is 3.22. The zero-order valence-electron chi connectivity index (χ0n) is 6.22. The standard InChI is InChI=1S/C7H7Cl3OS/c1-4-2-3-5(12-4)6(11)7(8,9)10/h2-3,6,11H,1H3. The lowest BCUT2D eigenvalue weighted by atomic mass is 10.3. The highest BCUT2D eigenvalue weighted by Crippen LogP contribution is 2.41. The molecular weight excluding hydrogens is 239 g/mol. The Bertz CT molecular complexity index is 266. The maximum Gasteiger partial charge on any atom is 0.220 e. The Balaban J connectivity index is 2.85. The van der Waals surface area contributed by atoms with Gasteiger partial charge in [0.25, 0.3) is 0 Å². The van der Waals surface area contributed by atoms with E-state index in [4.69, 9.17) is 34.8 Å². The first-order chi connectivity index (χ1) is 5.41. The highest BCUT2D eigenvalue weighted by atomic mass is 35.6. The van der Waals surface area contributed by atoms with Crippen molar-refractivity contribution in [1.29, 1.82) is 0 Å². The van der Waals surface area contributed by atoms with Gasteiger partial charge in [-0.1, -0.05) is 34.8 Å². The van der Waals surface area contributed by atoms with Crippen molar-refractivity contribution in [3.05, 3.63) is 21.9 Å². The average Bonchev–Trinajstić information content (AvgIpc) is 2.32. The molecule has 1 unspecified atom stereocenters. The van der Waals surface area contributed by atoms with Crippen LogP contribution in [0.5, 0.6) is 0 Å². The van der Waals surface area contributed by atoms with Crippen molar-refractivity contribution in [2.75, 3.05) is 0 Å². The molecule has 1 rings (SSSR count). The van der Waals surface area contributed by atoms with Gasteiger partial charge in [0.05, 0.1) is 0 Å². The summed E-state index contributed by atoms with van der Waals surface area (Å²) in [6.45, 7) is 1.93. The van der Waals surface area contributed by atoms with Crippen molar-refractivity contribution >= 4 is 46.1 Å². The Morgan fingerprint density at radius 1 is 1.42 bits per heavy atom. The Kier molecular flexibility index (Phi) is 3.29. The molecule has 1 aromatic heterocycles. The molecule has 1 aromatic rings. The number of aliphatic hydroxyl groups is 1. The summed E-state index contributed by atoms with van der Waals surface area (Å²) >= 11 is 18.0. The Morgan fingerprint density at radius 3 is 2.33 bits per heavy atom. The molecule has 1 N–H and O–H groups in total. The molecule has 0 saturated carbocycles. The largest absolute Gasteiger partial charge is 0.383 e. The van der Waals surface area contributed by atoms with E-state index in [0.29, 0.717) is 4.88 Å². The van der Waals surface area contributed by atoms with E-state index in [1.807, 2.05) is 13.0 Å². The zero-order valence-corrected chi connectivity index (χ0v) is 9.31. The Labute approximate surface area is 89.9 Å². The van der Waals surface area contributed by atoms with Gasteiger partial charge in [-0.25, -0.2) is 0 Å². The fourth-order valence-corrected chi connectivity index (χ4v) is 2.24. The third kappa shape index (κ3) is 2.51. The molecule has 0 aromatic carbocycles. The molecule has 1 nitrogen and oxygen atoms in total. The van der Waals surface area contributed by atoms with Gasteiger partial charge in [0.1, 0.15) is 6.10 Å². The second-order valence-electron chi connectivity index (χ2n) is 2.39. The minimum atomic E-state index is -1.64. The van der Waals surface area contributed by atoms with Crippen LogP contribution in [0.2, 0.25) is 0 Å². The lowest BCUT2D eigenvalue weighted by Gasteiger charge is -2.16. The summed E-state index contributed by atoms with van der Waals surface area (Å²) in [6.07, 6.45) is -1.04. The van der Waals surface area contributed by atoms with Gasteiger partial charge in [-0.05, 0) is 19.1 Å². The number of alkyl halides is 3. The van der Waals surface area contributed by atoms with Crippen molar-refractivity contribution in [3.63, 3.8) is 0 Å². The summed E-state index contributed by atoms with van der Waals surface area (Å²) in [6, 6.07) is 3.63. The fourth-order valence-electron chi connectivity index (χ4n) is 0.762. The Hall–Kier alpha value is 0.530. The highest BCUT2D eigenvalue weighted by molar-refractivity contribution is 7.12. The highest BCUT2D eigenvalue weighted by Gasteiger charge is 2.32. The van der Waals surface area contributed by atoms with Crippen molar-refractivity contribution in [2.45, 2.75) is 16.8 Å². The summed E-state index contributed by atoms with van der Waals surface area (Å²) in [4.78, 5) is 1.76. The maximum atomic E-state index is 9.48. The topological polar surface area (TPSA) is 20.2 Å². The van der Waals surface area contributed by atoms with Gasteiger partial charge in [0.15, 0.2) is 0 Å². The molecule has 0 fully saturated rings. The molecule has 0 aliphatic heterocycles. The predicted octanol–water partition coefficient (Wildman–Crippen LogP) is 3.46. The number of halogens is 3. The molecular formula is C7H7Cl3OS. The average molecular weight is 246 g/mol. The second-order valence-corrected chi connectivity index (χ2v) is 6.08. The van der Waals surface area contributed by atoms with E-state index in [9.17, 15) is 5.11 Å². The number of aryl methyl sites for hydroxylation is 1. The van der Waals surface area contributed by atoms with E-state index in [1.165, 1.54) is 11.3 Å². The molecule has 1 atom stereocenters. The van der Waals surface area contributed by atoms with E-state index in [1.54, 1.807) is 6.07 Å². The lowest BCUT2D eigenvalue weighted by Crippen LogP contribution is -2.14. The van der Waals surface area contributed by atoms with E-state index in [-0.39, 0.29) is 0 Å².